The summed E-state index contributed by atoms with van der Waals surface area (Å²) in [5.41, 5.74) is 2.64. The second-order valence-corrected chi connectivity index (χ2v) is 3.30. The van der Waals surface area contributed by atoms with Crippen LogP contribution in [0, 0.1) is 0 Å². The normalized spacial score (nSPS) is 14.2. The lowest BCUT2D eigenvalue weighted by molar-refractivity contribution is 1.05. The summed E-state index contributed by atoms with van der Waals surface area (Å²) in [7, 11) is 0. The van der Waals surface area contributed by atoms with Crippen molar-refractivity contribution >= 4 is 16.5 Å². The molecule has 0 saturated carbocycles. The van der Waals surface area contributed by atoms with Gasteiger partial charge in [0.2, 0.25) is 0 Å². The van der Waals surface area contributed by atoms with Gasteiger partial charge in [-0.25, -0.2) is 0 Å². The molecule has 1 N–H and O–H groups in total. The van der Waals surface area contributed by atoms with Gasteiger partial charge in [0, 0.05) is 23.0 Å². The lowest BCUT2D eigenvalue weighted by Gasteiger charge is -2.01. The van der Waals surface area contributed by atoms with E-state index < -0.39 is 0 Å². The smallest absolute Gasteiger partial charge is 0.0575 e. The molecule has 3 rings (SSSR count). The summed E-state index contributed by atoms with van der Waals surface area (Å²) in [5, 5.41) is 13.4. The molecule has 0 bridgehead atoms. The first-order valence-corrected chi connectivity index (χ1v) is 4.41. The zero-order valence-electron chi connectivity index (χ0n) is 7.12. The Balaban J connectivity index is 2.36. The molecule has 0 amide bonds. The number of nitrogens with zero attached hydrogens (tertiary/aromatic N) is 2. The molecule has 0 unspecified atom stereocenters. The lowest BCUT2D eigenvalue weighted by atomic mass is 10.1. The van der Waals surface area contributed by atoms with E-state index in [4.69, 9.17) is 0 Å². The van der Waals surface area contributed by atoms with Gasteiger partial charge in [-0.1, -0.05) is 0 Å². The summed E-state index contributed by atoms with van der Waals surface area (Å²) in [6.45, 7) is 1.05. The van der Waals surface area contributed by atoms with Crippen LogP contribution in [0.1, 0.15) is 5.56 Å². The number of nitrogens with one attached hydrogen (secondary N) is 1. The van der Waals surface area contributed by atoms with E-state index in [1.54, 1.807) is 6.20 Å². The fourth-order valence-electron chi connectivity index (χ4n) is 1.80. The van der Waals surface area contributed by atoms with E-state index in [-0.39, 0.29) is 0 Å². The molecule has 0 radical (unpaired) electrons. The molecule has 2 heterocycles. The van der Waals surface area contributed by atoms with E-state index in [0.29, 0.717) is 0 Å². The molecule has 3 heteroatoms. The summed E-state index contributed by atoms with van der Waals surface area (Å²) >= 11 is 0. The van der Waals surface area contributed by atoms with Crippen molar-refractivity contribution in [3.8, 4) is 0 Å². The standard InChI is InChI=1S/C10H9N3/c1-2-11-10-4-9-6-13-12-5-8(9)3-7(1)10/h3-6,11H,1-2H2. The van der Waals surface area contributed by atoms with Crippen LogP contribution >= 0.6 is 0 Å². The molecule has 1 aliphatic rings. The number of fused-ring (bicyclic) bond motifs is 2. The predicted molar refractivity (Wildman–Crippen MR) is 51.7 cm³/mol. The van der Waals surface area contributed by atoms with Gasteiger partial charge in [0.05, 0.1) is 12.4 Å². The van der Waals surface area contributed by atoms with Crippen molar-refractivity contribution in [1.82, 2.24) is 10.2 Å². The SMILES string of the molecule is c1nncc2cc3c(cc12)CCN3. The van der Waals surface area contributed by atoms with Gasteiger partial charge in [-0.15, -0.1) is 0 Å². The molecule has 0 aliphatic carbocycles. The lowest BCUT2D eigenvalue weighted by Crippen LogP contribution is -1.90. The molecule has 1 aromatic carbocycles. The number of aromatic nitrogens is 2. The second-order valence-electron chi connectivity index (χ2n) is 3.30. The highest BCUT2D eigenvalue weighted by Crippen LogP contribution is 2.26. The van der Waals surface area contributed by atoms with Crippen LogP contribution in [0.25, 0.3) is 10.8 Å². The Morgan fingerprint density at radius 1 is 1.08 bits per heavy atom. The van der Waals surface area contributed by atoms with E-state index in [0.717, 1.165) is 18.4 Å². The number of hydrogen-bond donors (Lipinski definition) is 1. The molecule has 3 nitrogen and oxygen atoms in total. The molecule has 0 saturated heterocycles. The van der Waals surface area contributed by atoms with Gasteiger partial charge in [0.1, 0.15) is 0 Å². The van der Waals surface area contributed by atoms with Crippen LogP contribution in [0.5, 0.6) is 0 Å². The maximum atomic E-state index is 3.87. The third-order valence-electron chi connectivity index (χ3n) is 2.48. The van der Waals surface area contributed by atoms with Crippen LogP contribution in [0.2, 0.25) is 0 Å². The molecule has 0 fully saturated rings. The van der Waals surface area contributed by atoms with Crippen molar-refractivity contribution in [3.63, 3.8) is 0 Å². The Morgan fingerprint density at radius 3 is 2.69 bits per heavy atom. The topological polar surface area (TPSA) is 37.8 Å². The van der Waals surface area contributed by atoms with E-state index in [1.807, 2.05) is 6.20 Å². The van der Waals surface area contributed by atoms with Crippen LogP contribution in [-0.4, -0.2) is 16.7 Å². The maximum absolute atomic E-state index is 3.87. The van der Waals surface area contributed by atoms with Crippen LogP contribution in [-0.2, 0) is 6.42 Å². The molecule has 13 heavy (non-hydrogen) atoms. The Morgan fingerprint density at radius 2 is 1.85 bits per heavy atom. The van der Waals surface area contributed by atoms with Gasteiger partial charge in [0.25, 0.3) is 0 Å². The maximum Gasteiger partial charge on any atom is 0.0575 e. The number of anilines is 1. The van der Waals surface area contributed by atoms with Crippen molar-refractivity contribution in [2.24, 2.45) is 0 Å². The predicted octanol–water partition coefficient (Wildman–Crippen LogP) is 1.60. The summed E-state index contributed by atoms with van der Waals surface area (Å²) in [5.74, 6) is 0. The average Bonchev–Trinajstić information content (AvgIpc) is 2.61. The van der Waals surface area contributed by atoms with Crippen molar-refractivity contribution < 1.29 is 0 Å². The van der Waals surface area contributed by atoms with Crippen molar-refractivity contribution in [2.45, 2.75) is 6.42 Å². The summed E-state index contributed by atoms with van der Waals surface area (Å²) < 4.78 is 0. The summed E-state index contributed by atoms with van der Waals surface area (Å²) in [6, 6.07) is 4.34. The van der Waals surface area contributed by atoms with Gasteiger partial charge >= 0.3 is 0 Å². The quantitative estimate of drug-likeness (QED) is 0.654. The number of rotatable bonds is 0. The Kier molecular flexibility index (Phi) is 1.27. The molecule has 1 aliphatic heterocycles. The highest BCUT2D eigenvalue weighted by atomic mass is 15.1. The van der Waals surface area contributed by atoms with E-state index in [2.05, 4.69) is 27.6 Å². The van der Waals surface area contributed by atoms with E-state index in [9.17, 15) is 0 Å². The van der Waals surface area contributed by atoms with Crippen LogP contribution in [0.15, 0.2) is 24.5 Å². The molecular formula is C10H9N3. The van der Waals surface area contributed by atoms with Crippen LogP contribution in [0.3, 0.4) is 0 Å². The van der Waals surface area contributed by atoms with Crippen molar-refractivity contribution in [3.05, 3.63) is 30.1 Å². The Bertz CT molecular complexity index is 422. The molecule has 64 valence electrons. The van der Waals surface area contributed by atoms with E-state index in [1.165, 1.54) is 16.6 Å². The van der Waals surface area contributed by atoms with Crippen molar-refractivity contribution in [1.29, 1.82) is 0 Å². The summed E-state index contributed by atoms with van der Waals surface area (Å²) in [6.07, 6.45) is 4.73. The third-order valence-corrected chi connectivity index (χ3v) is 2.48. The minimum absolute atomic E-state index is 1.05. The number of benzene rings is 1. The van der Waals surface area contributed by atoms with Gasteiger partial charge in [-0.2, -0.15) is 10.2 Å². The fraction of sp³-hybridized carbons (Fsp3) is 0.200. The van der Waals surface area contributed by atoms with Crippen molar-refractivity contribution in [2.75, 3.05) is 11.9 Å². The molecule has 1 aromatic heterocycles. The van der Waals surface area contributed by atoms with Gasteiger partial charge < -0.3 is 5.32 Å². The third kappa shape index (κ3) is 0.967. The highest BCUT2D eigenvalue weighted by Gasteiger charge is 2.10. The first-order chi connectivity index (χ1) is 6.43. The highest BCUT2D eigenvalue weighted by molar-refractivity contribution is 5.86. The molecule has 0 atom stereocenters. The molecule has 2 aromatic rings. The molecular weight excluding hydrogens is 162 g/mol. The van der Waals surface area contributed by atoms with E-state index >= 15 is 0 Å². The monoisotopic (exact) mass is 171 g/mol. The van der Waals surface area contributed by atoms with Gasteiger partial charge in [0.15, 0.2) is 0 Å². The van der Waals surface area contributed by atoms with Crippen LogP contribution < -0.4 is 5.32 Å². The molecule has 0 spiro atoms. The zero-order valence-corrected chi connectivity index (χ0v) is 7.12. The first kappa shape index (κ1) is 6.83. The first-order valence-electron chi connectivity index (χ1n) is 4.41. The summed E-state index contributed by atoms with van der Waals surface area (Å²) in [4.78, 5) is 0. The average molecular weight is 171 g/mol. The fourth-order valence-corrected chi connectivity index (χ4v) is 1.80. The largest absolute Gasteiger partial charge is 0.384 e. The second kappa shape index (κ2) is 2.42. The Labute approximate surface area is 75.8 Å². The number of hydrogen-bond acceptors (Lipinski definition) is 3. The Hall–Kier alpha value is -1.64. The van der Waals surface area contributed by atoms with Crippen LogP contribution in [0.4, 0.5) is 5.69 Å². The zero-order chi connectivity index (χ0) is 8.67. The minimum Gasteiger partial charge on any atom is -0.384 e. The minimum atomic E-state index is 1.05. The van der Waals surface area contributed by atoms with Gasteiger partial charge in [-0.05, 0) is 24.1 Å². The van der Waals surface area contributed by atoms with Gasteiger partial charge in [-0.3, -0.25) is 0 Å².